The zero-order chi connectivity index (χ0) is 20.5. The van der Waals surface area contributed by atoms with Crippen LogP contribution < -0.4 is 9.46 Å². The first-order valence-corrected chi connectivity index (χ1v) is 10.6. The third kappa shape index (κ3) is 4.36. The maximum atomic E-state index is 12.9. The summed E-state index contributed by atoms with van der Waals surface area (Å²) in [5.74, 6) is 0.145. The third-order valence-corrected chi connectivity index (χ3v) is 6.24. The van der Waals surface area contributed by atoms with E-state index in [4.69, 9.17) is 16.3 Å². The van der Waals surface area contributed by atoms with Crippen molar-refractivity contribution >= 4 is 38.5 Å². The van der Waals surface area contributed by atoms with E-state index in [1.807, 2.05) is 39.8 Å². The summed E-state index contributed by atoms with van der Waals surface area (Å²) in [6.45, 7) is 7.99. The molecule has 0 bridgehead atoms. The highest BCUT2D eigenvalue weighted by molar-refractivity contribution is 7.92. The van der Waals surface area contributed by atoms with Crippen molar-refractivity contribution < 1.29 is 13.2 Å². The van der Waals surface area contributed by atoms with E-state index in [0.717, 1.165) is 0 Å². The van der Waals surface area contributed by atoms with Crippen LogP contribution in [0.2, 0.25) is 5.02 Å². The molecule has 1 aromatic heterocycles. The molecule has 6 nitrogen and oxygen atoms in total. The Morgan fingerprint density at radius 1 is 1.00 bits per heavy atom. The predicted molar refractivity (Wildman–Crippen MR) is 111 cm³/mol. The second-order valence-corrected chi connectivity index (χ2v) is 9.59. The Bertz CT molecular complexity index is 1110. The van der Waals surface area contributed by atoms with Crippen LogP contribution in [-0.4, -0.2) is 24.5 Å². The summed E-state index contributed by atoms with van der Waals surface area (Å²) >= 11 is 6.07. The molecule has 0 aliphatic rings. The van der Waals surface area contributed by atoms with Gasteiger partial charge < -0.3 is 4.74 Å². The van der Waals surface area contributed by atoms with Crippen molar-refractivity contribution in [2.45, 2.75) is 38.7 Å². The number of aromatic nitrogens is 2. The normalized spacial score (nSPS) is 13.3. The maximum absolute atomic E-state index is 12.9. The van der Waals surface area contributed by atoms with Gasteiger partial charge in [0.25, 0.3) is 15.9 Å². The Labute approximate surface area is 170 Å². The Morgan fingerprint density at radius 2 is 1.57 bits per heavy atom. The lowest BCUT2D eigenvalue weighted by atomic mass is 9.90. The van der Waals surface area contributed by atoms with Gasteiger partial charge in [-0.2, -0.15) is 0 Å². The number of hydrogen-bond acceptors (Lipinski definition) is 5. The second kappa shape index (κ2) is 7.56. The van der Waals surface area contributed by atoms with Crippen molar-refractivity contribution in [3.63, 3.8) is 0 Å². The molecular weight excluding hydrogens is 398 g/mol. The molecule has 2 aromatic carbocycles. The standard InChI is InChI=1S/C20H22ClN3O3S/c1-13(20(2,3)4)27-19-18(22-15-10-6-7-11-16(15)23-19)24-28(25,26)17-12-8-5-9-14(17)21/h5-13H,1-4H3,(H,22,24). The van der Waals surface area contributed by atoms with E-state index in [2.05, 4.69) is 14.7 Å². The molecule has 0 aliphatic carbocycles. The number of nitrogens with one attached hydrogen (secondary N) is 1. The first kappa shape index (κ1) is 20.4. The molecular formula is C20H22ClN3O3S. The van der Waals surface area contributed by atoms with Gasteiger partial charge in [0, 0.05) is 0 Å². The Balaban J connectivity index is 2.08. The third-order valence-electron chi connectivity index (χ3n) is 4.40. The summed E-state index contributed by atoms with van der Waals surface area (Å²) in [4.78, 5) is 8.87. The van der Waals surface area contributed by atoms with Gasteiger partial charge >= 0.3 is 0 Å². The number of halogens is 1. The minimum atomic E-state index is -3.97. The number of hydrogen-bond donors (Lipinski definition) is 1. The van der Waals surface area contributed by atoms with E-state index in [0.29, 0.717) is 11.0 Å². The Kier molecular flexibility index (Phi) is 5.50. The predicted octanol–water partition coefficient (Wildman–Crippen LogP) is 4.90. The highest BCUT2D eigenvalue weighted by Gasteiger charge is 2.26. The van der Waals surface area contributed by atoms with Crippen molar-refractivity contribution in [3.8, 4) is 5.88 Å². The quantitative estimate of drug-likeness (QED) is 0.636. The Hall–Kier alpha value is -2.38. The molecule has 0 aliphatic heterocycles. The Morgan fingerprint density at radius 3 is 2.18 bits per heavy atom. The first-order valence-electron chi connectivity index (χ1n) is 8.79. The zero-order valence-electron chi connectivity index (χ0n) is 16.1. The summed E-state index contributed by atoms with van der Waals surface area (Å²) in [6.07, 6.45) is -0.230. The minimum Gasteiger partial charge on any atom is -0.471 e. The van der Waals surface area contributed by atoms with Gasteiger partial charge in [-0.25, -0.2) is 18.4 Å². The van der Waals surface area contributed by atoms with E-state index in [1.165, 1.54) is 12.1 Å². The van der Waals surface area contributed by atoms with Gasteiger partial charge in [-0.1, -0.05) is 56.6 Å². The van der Waals surface area contributed by atoms with Gasteiger partial charge in [-0.05, 0) is 36.6 Å². The van der Waals surface area contributed by atoms with Crippen molar-refractivity contribution in [1.82, 2.24) is 9.97 Å². The van der Waals surface area contributed by atoms with Crippen LogP contribution in [0.4, 0.5) is 5.82 Å². The van der Waals surface area contributed by atoms with Crippen molar-refractivity contribution in [2.75, 3.05) is 4.72 Å². The van der Waals surface area contributed by atoms with Crippen LogP contribution in [-0.2, 0) is 10.0 Å². The van der Waals surface area contributed by atoms with Gasteiger partial charge in [-0.3, -0.25) is 4.72 Å². The molecule has 0 fully saturated rings. The van der Waals surface area contributed by atoms with Gasteiger partial charge in [0.15, 0.2) is 0 Å². The number of sulfonamides is 1. The summed E-state index contributed by atoms with van der Waals surface area (Å²) in [7, 11) is -3.97. The molecule has 1 N–H and O–H groups in total. The fraction of sp³-hybridized carbons (Fsp3) is 0.300. The lowest BCUT2D eigenvalue weighted by Crippen LogP contribution is -2.29. The summed E-state index contributed by atoms with van der Waals surface area (Å²) in [5, 5.41) is 0.120. The van der Waals surface area contributed by atoms with Crippen molar-refractivity contribution in [3.05, 3.63) is 53.6 Å². The minimum absolute atomic E-state index is 0.0229. The van der Waals surface area contributed by atoms with Gasteiger partial charge in [0.1, 0.15) is 11.0 Å². The first-order chi connectivity index (χ1) is 13.1. The van der Waals surface area contributed by atoms with Gasteiger partial charge in [0.2, 0.25) is 5.82 Å². The molecule has 0 spiro atoms. The average Bonchev–Trinajstić information content (AvgIpc) is 2.61. The zero-order valence-corrected chi connectivity index (χ0v) is 17.7. The molecule has 0 saturated heterocycles. The van der Waals surface area contributed by atoms with Crippen molar-refractivity contribution in [2.24, 2.45) is 5.41 Å². The SMILES string of the molecule is CC(Oc1nc2ccccc2nc1NS(=O)(=O)c1ccccc1Cl)C(C)(C)C. The lowest BCUT2D eigenvalue weighted by molar-refractivity contribution is 0.0994. The lowest BCUT2D eigenvalue weighted by Gasteiger charge is -2.28. The molecule has 0 amide bonds. The molecule has 3 aromatic rings. The topological polar surface area (TPSA) is 81.2 Å². The summed E-state index contributed by atoms with van der Waals surface area (Å²) in [6, 6.07) is 13.4. The second-order valence-electron chi connectivity index (χ2n) is 7.53. The largest absolute Gasteiger partial charge is 0.471 e. The fourth-order valence-corrected chi connectivity index (χ4v) is 3.84. The van der Waals surface area contributed by atoms with Crippen molar-refractivity contribution in [1.29, 1.82) is 0 Å². The molecule has 28 heavy (non-hydrogen) atoms. The van der Waals surface area contributed by atoms with Crippen LogP contribution in [0.15, 0.2) is 53.4 Å². The molecule has 0 saturated carbocycles. The van der Waals surface area contributed by atoms with Gasteiger partial charge in [0.05, 0.1) is 16.1 Å². The number of rotatable bonds is 5. The highest BCUT2D eigenvalue weighted by atomic mass is 35.5. The van der Waals surface area contributed by atoms with Crippen LogP contribution >= 0.6 is 11.6 Å². The molecule has 1 atom stereocenters. The van der Waals surface area contributed by atoms with E-state index in [-0.39, 0.29) is 33.1 Å². The van der Waals surface area contributed by atoms with Crippen LogP contribution in [0.5, 0.6) is 5.88 Å². The van der Waals surface area contributed by atoms with Gasteiger partial charge in [-0.15, -0.1) is 0 Å². The smallest absolute Gasteiger partial charge is 0.264 e. The number of anilines is 1. The average molecular weight is 420 g/mol. The van der Waals surface area contributed by atoms with E-state index in [9.17, 15) is 8.42 Å². The number of nitrogens with zero attached hydrogens (tertiary/aromatic N) is 2. The molecule has 1 heterocycles. The van der Waals surface area contributed by atoms with Crippen LogP contribution in [0, 0.1) is 5.41 Å². The molecule has 148 valence electrons. The monoisotopic (exact) mass is 419 g/mol. The summed E-state index contributed by atoms with van der Waals surface area (Å²) in [5.41, 5.74) is 0.987. The van der Waals surface area contributed by atoms with E-state index >= 15 is 0 Å². The number of ether oxygens (including phenoxy) is 1. The maximum Gasteiger partial charge on any atom is 0.264 e. The van der Waals surface area contributed by atoms with E-state index in [1.54, 1.807) is 24.3 Å². The summed E-state index contributed by atoms with van der Waals surface area (Å²) < 4.78 is 34.2. The van der Waals surface area contributed by atoms with Crippen LogP contribution in [0.1, 0.15) is 27.7 Å². The van der Waals surface area contributed by atoms with E-state index < -0.39 is 10.0 Å². The molecule has 8 heteroatoms. The fourth-order valence-electron chi connectivity index (χ4n) is 2.32. The van der Waals surface area contributed by atoms with Crippen LogP contribution in [0.3, 0.4) is 0 Å². The molecule has 1 unspecified atom stereocenters. The van der Waals surface area contributed by atoms with Crippen LogP contribution in [0.25, 0.3) is 11.0 Å². The highest BCUT2D eigenvalue weighted by Crippen LogP contribution is 2.31. The number of para-hydroxylation sites is 2. The molecule has 3 rings (SSSR count). The molecule has 0 radical (unpaired) electrons. The number of benzene rings is 2. The number of fused-ring (bicyclic) bond motifs is 1.